The molecule has 0 bridgehead atoms. The molecule has 0 aromatic carbocycles. The number of rotatable bonds is 5. The maximum Gasteiger partial charge on any atom is 0.134 e. The molecule has 1 N–H and O–H groups in total. The molecule has 2 heterocycles. The van der Waals surface area contributed by atoms with Gasteiger partial charge in [-0.1, -0.05) is 17.8 Å². The molecule has 2 rings (SSSR count). The number of hydrogen-bond acceptors (Lipinski definition) is 5. The third-order valence-corrected chi connectivity index (χ3v) is 4.11. The van der Waals surface area contributed by atoms with E-state index in [1.165, 1.54) is 37.3 Å². The third-order valence-electron chi connectivity index (χ3n) is 3.38. The van der Waals surface area contributed by atoms with Crippen molar-refractivity contribution in [1.29, 1.82) is 0 Å². The largest absolute Gasteiger partial charge is 0.374 e. The molecule has 0 aliphatic carbocycles. The van der Waals surface area contributed by atoms with Gasteiger partial charge in [0.25, 0.3) is 0 Å². The summed E-state index contributed by atoms with van der Waals surface area (Å²) >= 11 is 1.48. The van der Waals surface area contributed by atoms with Crippen LogP contribution in [0.15, 0.2) is 0 Å². The molecule has 0 radical (unpaired) electrons. The number of likely N-dealkylation sites (tertiary alicyclic amines) is 1. The van der Waals surface area contributed by atoms with Crippen LogP contribution in [-0.2, 0) is 6.54 Å². The van der Waals surface area contributed by atoms with Crippen LogP contribution in [0.4, 0.5) is 5.00 Å². The molecule has 96 valence electrons. The summed E-state index contributed by atoms with van der Waals surface area (Å²) in [7, 11) is 0. The van der Waals surface area contributed by atoms with E-state index in [1.807, 2.05) is 0 Å². The highest BCUT2D eigenvalue weighted by Crippen LogP contribution is 2.23. The van der Waals surface area contributed by atoms with Crippen LogP contribution < -0.4 is 5.32 Å². The van der Waals surface area contributed by atoms with E-state index in [0.717, 1.165) is 30.2 Å². The van der Waals surface area contributed by atoms with Crippen molar-refractivity contribution in [3.05, 3.63) is 5.69 Å². The second-order valence-electron chi connectivity index (χ2n) is 4.79. The van der Waals surface area contributed by atoms with Crippen LogP contribution in [0.2, 0.25) is 0 Å². The average molecular weight is 254 g/mol. The topological polar surface area (TPSA) is 41.1 Å². The van der Waals surface area contributed by atoms with E-state index < -0.39 is 0 Å². The summed E-state index contributed by atoms with van der Waals surface area (Å²) in [6.07, 6.45) is 5.14. The Morgan fingerprint density at radius 2 is 2.35 bits per heavy atom. The minimum atomic E-state index is 0.685. The molecule has 0 amide bonds. The van der Waals surface area contributed by atoms with E-state index in [4.69, 9.17) is 0 Å². The SMILES string of the molecule is CCCNc1snnc1CN1CCCCC1C. The second-order valence-corrected chi connectivity index (χ2v) is 5.54. The first-order valence-electron chi connectivity index (χ1n) is 6.60. The molecule has 1 aliphatic rings. The van der Waals surface area contributed by atoms with Crippen LogP contribution in [-0.4, -0.2) is 33.6 Å². The van der Waals surface area contributed by atoms with E-state index in [1.54, 1.807) is 0 Å². The van der Waals surface area contributed by atoms with E-state index in [2.05, 4.69) is 33.7 Å². The fraction of sp³-hybridized carbons (Fsp3) is 0.833. The predicted molar refractivity (Wildman–Crippen MR) is 72.4 cm³/mol. The minimum absolute atomic E-state index is 0.685. The van der Waals surface area contributed by atoms with Gasteiger partial charge in [0.2, 0.25) is 0 Å². The smallest absolute Gasteiger partial charge is 0.134 e. The van der Waals surface area contributed by atoms with Gasteiger partial charge in [0.15, 0.2) is 0 Å². The Bertz CT molecular complexity index is 339. The summed E-state index contributed by atoms with van der Waals surface area (Å²) in [5.41, 5.74) is 1.12. The highest BCUT2D eigenvalue weighted by molar-refractivity contribution is 7.10. The molecule has 1 aliphatic heterocycles. The molecule has 4 nitrogen and oxygen atoms in total. The molecule has 0 spiro atoms. The molecule has 17 heavy (non-hydrogen) atoms. The molecule has 5 heteroatoms. The lowest BCUT2D eigenvalue weighted by Crippen LogP contribution is -2.37. The number of aromatic nitrogens is 2. The zero-order valence-corrected chi connectivity index (χ0v) is 11.6. The van der Waals surface area contributed by atoms with E-state index in [9.17, 15) is 0 Å². The van der Waals surface area contributed by atoms with Gasteiger partial charge in [0.05, 0.1) is 0 Å². The Kier molecular flexibility index (Phi) is 4.74. The van der Waals surface area contributed by atoms with Gasteiger partial charge < -0.3 is 5.32 Å². The first-order chi connectivity index (χ1) is 8.31. The van der Waals surface area contributed by atoms with Crippen LogP contribution in [0, 0.1) is 0 Å². The zero-order chi connectivity index (χ0) is 12.1. The van der Waals surface area contributed by atoms with Crippen molar-refractivity contribution < 1.29 is 0 Å². The van der Waals surface area contributed by atoms with Crippen LogP contribution in [0.25, 0.3) is 0 Å². The van der Waals surface area contributed by atoms with E-state index in [-0.39, 0.29) is 0 Å². The van der Waals surface area contributed by atoms with Crippen molar-refractivity contribution in [2.45, 2.75) is 52.1 Å². The summed E-state index contributed by atoms with van der Waals surface area (Å²) in [6.45, 7) is 7.65. The number of nitrogens with zero attached hydrogens (tertiary/aromatic N) is 3. The van der Waals surface area contributed by atoms with Crippen molar-refractivity contribution >= 4 is 16.5 Å². The van der Waals surface area contributed by atoms with Crippen LogP contribution in [0.5, 0.6) is 0 Å². The summed E-state index contributed by atoms with van der Waals surface area (Å²) in [5, 5.41) is 8.83. The number of piperidine rings is 1. The monoisotopic (exact) mass is 254 g/mol. The highest BCUT2D eigenvalue weighted by Gasteiger charge is 2.20. The Balaban J connectivity index is 1.95. The van der Waals surface area contributed by atoms with Crippen molar-refractivity contribution in [2.75, 3.05) is 18.4 Å². The Morgan fingerprint density at radius 1 is 1.47 bits per heavy atom. The van der Waals surface area contributed by atoms with Gasteiger partial charge in [0.1, 0.15) is 10.7 Å². The second kappa shape index (κ2) is 6.31. The Labute approximate surface area is 108 Å². The van der Waals surface area contributed by atoms with Crippen LogP contribution in [0.1, 0.15) is 45.2 Å². The fourth-order valence-electron chi connectivity index (χ4n) is 2.27. The van der Waals surface area contributed by atoms with E-state index >= 15 is 0 Å². The standard InChI is InChI=1S/C12H22N4S/c1-3-7-13-12-11(14-15-17-12)9-16-8-5-4-6-10(16)2/h10,13H,3-9H2,1-2H3. The number of hydrogen-bond donors (Lipinski definition) is 1. The van der Waals surface area contributed by atoms with Gasteiger partial charge >= 0.3 is 0 Å². The molecular weight excluding hydrogens is 232 g/mol. The summed E-state index contributed by atoms with van der Waals surface area (Å²) < 4.78 is 4.07. The van der Waals surface area contributed by atoms with Gasteiger partial charge in [-0.25, -0.2) is 0 Å². The van der Waals surface area contributed by atoms with Gasteiger partial charge in [0, 0.05) is 30.7 Å². The molecule has 1 aromatic heterocycles. The lowest BCUT2D eigenvalue weighted by molar-refractivity contribution is 0.151. The summed E-state index contributed by atoms with van der Waals surface area (Å²) in [6, 6.07) is 0.685. The fourth-order valence-corrected chi connectivity index (χ4v) is 2.87. The van der Waals surface area contributed by atoms with Crippen molar-refractivity contribution in [3.8, 4) is 0 Å². The molecule has 1 saturated heterocycles. The zero-order valence-electron chi connectivity index (χ0n) is 10.8. The Morgan fingerprint density at radius 3 is 3.12 bits per heavy atom. The molecule has 0 saturated carbocycles. The normalized spacial score (nSPS) is 21.6. The molecule has 1 fully saturated rings. The third kappa shape index (κ3) is 3.39. The van der Waals surface area contributed by atoms with E-state index in [0.29, 0.717) is 6.04 Å². The number of nitrogens with one attached hydrogen (secondary N) is 1. The molecule has 1 atom stereocenters. The lowest BCUT2D eigenvalue weighted by atomic mass is 10.0. The number of anilines is 1. The van der Waals surface area contributed by atoms with Crippen LogP contribution >= 0.6 is 11.5 Å². The first kappa shape index (κ1) is 12.8. The molecule has 1 aromatic rings. The first-order valence-corrected chi connectivity index (χ1v) is 7.37. The maximum atomic E-state index is 4.26. The highest BCUT2D eigenvalue weighted by atomic mass is 32.1. The van der Waals surface area contributed by atoms with Gasteiger partial charge in [-0.15, -0.1) is 5.10 Å². The van der Waals surface area contributed by atoms with Gasteiger partial charge in [-0.2, -0.15) is 0 Å². The van der Waals surface area contributed by atoms with Crippen LogP contribution in [0.3, 0.4) is 0 Å². The molecular formula is C12H22N4S. The van der Waals surface area contributed by atoms with Gasteiger partial charge in [-0.3, -0.25) is 4.90 Å². The summed E-state index contributed by atoms with van der Waals surface area (Å²) in [4.78, 5) is 2.53. The van der Waals surface area contributed by atoms with Gasteiger partial charge in [-0.05, 0) is 32.7 Å². The predicted octanol–water partition coefficient (Wildman–Crippen LogP) is 2.73. The van der Waals surface area contributed by atoms with Crippen molar-refractivity contribution in [3.63, 3.8) is 0 Å². The summed E-state index contributed by atoms with van der Waals surface area (Å²) in [5.74, 6) is 0. The minimum Gasteiger partial charge on any atom is -0.374 e. The Hall–Kier alpha value is -0.680. The van der Waals surface area contributed by atoms with Crippen molar-refractivity contribution in [2.24, 2.45) is 0 Å². The maximum absolute atomic E-state index is 4.26. The van der Waals surface area contributed by atoms with Crippen molar-refractivity contribution in [1.82, 2.24) is 14.5 Å². The average Bonchev–Trinajstić information content (AvgIpc) is 2.77. The quantitative estimate of drug-likeness (QED) is 0.877. The lowest BCUT2D eigenvalue weighted by Gasteiger charge is -2.32. The molecule has 1 unspecified atom stereocenters.